The number of aromatic nitrogens is 2. The summed E-state index contributed by atoms with van der Waals surface area (Å²) in [6.07, 6.45) is 0. The molecule has 6 heteroatoms. The van der Waals surface area contributed by atoms with Crippen LogP contribution in [-0.4, -0.2) is 15.9 Å². The summed E-state index contributed by atoms with van der Waals surface area (Å²) in [4.78, 5) is 20.2. The van der Waals surface area contributed by atoms with Crippen LogP contribution >= 0.6 is 23.2 Å². The molecule has 0 unspecified atom stereocenters. The van der Waals surface area contributed by atoms with Gasteiger partial charge in [0, 0.05) is 5.69 Å². The van der Waals surface area contributed by atoms with Gasteiger partial charge in [-0.2, -0.15) is 0 Å². The van der Waals surface area contributed by atoms with Gasteiger partial charge in [0.25, 0.3) is 5.91 Å². The molecule has 0 fully saturated rings. The molecule has 98 valence electrons. The molecule has 0 radical (unpaired) electrons. The second-order valence-corrected chi connectivity index (χ2v) is 4.88. The summed E-state index contributed by atoms with van der Waals surface area (Å²) in [6.45, 7) is 3.78. The second-order valence-electron chi connectivity index (χ2n) is 4.09. The quantitative estimate of drug-likeness (QED) is 0.861. The van der Waals surface area contributed by atoms with Crippen LogP contribution in [0.15, 0.2) is 24.3 Å². The molecule has 19 heavy (non-hydrogen) atoms. The van der Waals surface area contributed by atoms with Crippen LogP contribution in [0.2, 0.25) is 10.2 Å². The predicted octanol–water partition coefficient (Wildman–Crippen LogP) is 3.65. The number of carbonyl (C=O) groups is 1. The van der Waals surface area contributed by atoms with Crippen LogP contribution in [0.5, 0.6) is 0 Å². The first-order valence-corrected chi connectivity index (χ1v) is 6.30. The summed E-state index contributed by atoms with van der Waals surface area (Å²) in [7, 11) is 0. The first kappa shape index (κ1) is 13.8. The van der Waals surface area contributed by atoms with E-state index >= 15 is 0 Å². The normalized spacial score (nSPS) is 10.3. The molecule has 1 N–H and O–H groups in total. The number of pyridine rings is 2. The van der Waals surface area contributed by atoms with Gasteiger partial charge in [0.2, 0.25) is 0 Å². The number of halogens is 2. The minimum atomic E-state index is -0.440. The number of rotatable bonds is 2. The van der Waals surface area contributed by atoms with Crippen molar-refractivity contribution in [3.05, 3.63) is 51.4 Å². The second kappa shape index (κ2) is 5.55. The van der Waals surface area contributed by atoms with E-state index in [1.165, 1.54) is 12.1 Å². The lowest BCUT2D eigenvalue weighted by Crippen LogP contribution is -2.15. The van der Waals surface area contributed by atoms with Gasteiger partial charge in [-0.05, 0) is 43.7 Å². The maximum atomic E-state index is 12.1. The van der Waals surface area contributed by atoms with Gasteiger partial charge in [0.1, 0.15) is 16.7 Å². The Morgan fingerprint density at radius 2 is 1.89 bits per heavy atom. The van der Waals surface area contributed by atoms with Gasteiger partial charge in [-0.1, -0.05) is 23.2 Å². The molecule has 2 aromatic heterocycles. The molecule has 2 aromatic rings. The molecule has 2 rings (SSSR count). The predicted molar refractivity (Wildman–Crippen MR) is 75.9 cm³/mol. The zero-order valence-electron chi connectivity index (χ0n) is 10.4. The van der Waals surface area contributed by atoms with E-state index in [0.717, 1.165) is 11.3 Å². The highest BCUT2D eigenvalue weighted by molar-refractivity contribution is 6.35. The van der Waals surface area contributed by atoms with Crippen LogP contribution in [0.3, 0.4) is 0 Å². The maximum Gasteiger partial charge on any atom is 0.277 e. The van der Waals surface area contributed by atoms with E-state index in [1.54, 1.807) is 6.07 Å². The number of nitrogens with one attached hydrogen (secondary N) is 1. The van der Waals surface area contributed by atoms with Crippen molar-refractivity contribution in [3.63, 3.8) is 0 Å². The molecule has 0 saturated heterocycles. The highest BCUT2D eigenvalue weighted by atomic mass is 35.5. The monoisotopic (exact) mass is 295 g/mol. The molecular weight excluding hydrogens is 285 g/mol. The Hall–Kier alpha value is -1.65. The third-order valence-electron chi connectivity index (χ3n) is 2.37. The highest BCUT2D eigenvalue weighted by Gasteiger charge is 2.14. The minimum Gasteiger partial charge on any atom is -0.305 e. The maximum absolute atomic E-state index is 12.1. The summed E-state index contributed by atoms with van der Waals surface area (Å²) in [5, 5.41) is 3.11. The van der Waals surface area contributed by atoms with Crippen molar-refractivity contribution >= 4 is 34.9 Å². The lowest BCUT2D eigenvalue weighted by molar-refractivity contribution is 0.102. The molecular formula is C13H11Cl2N3O. The van der Waals surface area contributed by atoms with Crippen LogP contribution in [0.25, 0.3) is 0 Å². The number of anilines is 1. The zero-order chi connectivity index (χ0) is 14.0. The molecule has 0 atom stereocenters. The smallest absolute Gasteiger partial charge is 0.277 e. The summed E-state index contributed by atoms with van der Waals surface area (Å²) in [6, 6.07) is 6.74. The lowest BCUT2D eigenvalue weighted by atomic mass is 10.2. The Kier molecular flexibility index (Phi) is 4.02. The van der Waals surface area contributed by atoms with Gasteiger partial charge >= 0.3 is 0 Å². The van der Waals surface area contributed by atoms with Crippen molar-refractivity contribution in [1.82, 2.24) is 9.97 Å². The standard InChI is InChI=1S/C13H11Cl2N3O/c1-7-5-8(2)16-11(6-7)18-13(19)12-9(14)3-4-10(15)17-12/h3-6H,1-2H3,(H,16,18,19). The summed E-state index contributed by atoms with van der Waals surface area (Å²) >= 11 is 11.7. The highest BCUT2D eigenvalue weighted by Crippen LogP contribution is 2.18. The third-order valence-corrected chi connectivity index (χ3v) is 2.88. The summed E-state index contributed by atoms with van der Waals surface area (Å²) in [5.41, 5.74) is 1.91. The van der Waals surface area contributed by atoms with Crippen molar-refractivity contribution < 1.29 is 4.79 Å². The molecule has 0 saturated carbocycles. The zero-order valence-corrected chi connectivity index (χ0v) is 11.9. The van der Waals surface area contributed by atoms with Gasteiger partial charge in [0.15, 0.2) is 0 Å². The molecule has 2 heterocycles. The van der Waals surface area contributed by atoms with Gasteiger partial charge in [-0.25, -0.2) is 9.97 Å². The molecule has 1 amide bonds. The number of hydrogen-bond donors (Lipinski definition) is 1. The number of nitrogens with zero attached hydrogens (tertiary/aromatic N) is 2. The summed E-state index contributed by atoms with van der Waals surface area (Å²) in [5.74, 6) is 0.0188. The largest absolute Gasteiger partial charge is 0.305 e. The van der Waals surface area contributed by atoms with Crippen LogP contribution in [-0.2, 0) is 0 Å². The molecule has 0 aliphatic heterocycles. The van der Waals surface area contributed by atoms with Crippen molar-refractivity contribution in [2.45, 2.75) is 13.8 Å². The van der Waals surface area contributed by atoms with Crippen LogP contribution in [0.4, 0.5) is 5.82 Å². The topological polar surface area (TPSA) is 54.9 Å². The van der Waals surface area contributed by atoms with Crippen LogP contribution in [0.1, 0.15) is 21.7 Å². The third kappa shape index (κ3) is 3.43. The first-order chi connectivity index (χ1) is 8.95. The van der Waals surface area contributed by atoms with E-state index in [-0.39, 0.29) is 15.9 Å². The molecule has 0 aromatic carbocycles. The molecule has 0 aliphatic carbocycles. The van der Waals surface area contributed by atoms with E-state index in [1.807, 2.05) is 19.9 Å². The fraction of sp³-hybridized carbons (Fsp3) is 0.154. The average Bonchev–Trinajstić information content (AvgIpc) is 2.30. The molecule has 4 nitrogen and oxygen atoms in total. The van der Waals surface area contributed by atoms with Crippen molar-refractivity contribution in [2.24, 2.45) is 0 Å². The Balaban J connectivity index is 2.28. The van der Waals surface area contributed by atoms with E-state index in [2.05, 4.69) is 15.3 Å². The van der Waals surface area contributed by atoms with E-state index < -0.39 is 5.91 Å². The first-order valence-electron chi connectivity index (χ1n) is 5.54. The van der Waals surface area contributed by atoms with Crippen LogP contribution < -0.4 is 5.32 Å². The van der Waals surface area contributed by atoms with E-state index in [9.17, 15) is 4.79 Å². The van der Waals surface area contributed by atoms with Crippen molar-refractivity contribution in [1.29, 1.82) is 0 Å². The SMILES string of the molecule is Cc1cc(C)nc(NC(=O)c2nc(Cl)ccc2Cl)c1. The summed E-state index contributed by atoms with van der Waals surface area (Å²) < 4.78 is 0. The number of aryl methyl sites for hydroxylation is 2. The van der Waals surface area contributed by atoms with Gasteiger partial charge in [-0.15, -0.1) is 0 Å². The molecule has 0 spiro atoms. The Labute approximate surface area is 120 Å². The van der Waals surface area contributed by atoms with Gasteiger partial charge in [-0.3, -0.25) is 4.79 Å². The molecule has 0 aliphatic rings. The minimum absolute atomic E-state index is 0.0788. The Morgan fingerprint density at radius 3 is 2.58 bits per heavy atom. The molecule has 0 bridgehead atoms. The fourth-order valence-corrected chi connectivity index (χ4v) is 2.00. The Bertz CT molecular complexity index is 624. The number of hydrogen-bond acceptors (Lipinski definition) is 3. The van der Waals surface area contributed by atoms with Crippen LogP contribution in [0, 0.1) is 13.8 Å². The van der Waals surface area contributed by atoms with Crippen molar-refractivity contribution in [2.75, 3.05) is 5.32 Å². The van der Waals surface area contributed by atoms with Gasteiger partial charge < -0.3 is 5.32 Å². The number of amides is 1. The number of carbonyl (C=O) groups excluding carboxylic acids is 1. The van der Waals surface area contributed by atoms with Crippen molar-refractivity contribution in [3.8, 4) is 0 Å². The average molecular weight is 296 g/mol. The van der Waals surface area contributed by atoms with E-state index in [4.69, 9.17) is 23.2 Å². The van der Waals surface area contributed by atoms with Gasteiger partial charge in [0.05, 0.1) is 5.02 Å². The van der Waals surface area contributed by atoms with E-state index in [0.29, 0.717) is 5.82 Å². The Morgan fingerprint density at radius 1 is 1.16 bits per heavy atom. The lowest BCUT2D eigenvalue weighted by Gasteiger charge is -2.07. The fourth-order valence-electron chi connectivity index (χ4n) is 1.66.